The van der Waals surface area contributed by atoms with E-state index in [-0.39, 0.29) is 11.6 Å². The van der Waals surface area contributed by atoms with E-state index in [1.807, 2.05) is 0 Å². The normalized spacial score (nSPS) is 15.0. The fraction of sp³-hybridized carbons (Fsp3) is 0.571. The van der Waals surface area contributed by atoms with Crippen molar-refractivity contribution in [2.75, 3.05) is 6.54 Å². The van der Waals surface area contributed by atoms with Crippen LogP contribution in [0, 0.1) is 0 Å². The summed E-state index contributed by atoms with van der Waals surface area (Å²) >= 11 is 0. The molecule has 0 bridgehead atoms. The van der Waals surface area contributed by atoms with Gasteiger partial charge < -0.3 is 5.32 Å². The first kappa shape index (κ1) is 13.7. The summed E-state index contributed by atoms with van der Waals surface area (Å²) in [5.41, 5.74) is 0.436. The monoisotopic (exact) mass is 235 g/mol. The molecule has 0 aromatic carbocycles. The Hall–Kier alpha value is -1.38. The maximum Gasteiger partial charge on any atom is 0.201 e. The summed E-state index contributed by atoms with van der Waals surface area (Å²) in [5, 5.41) is 3.03. The maximum absolute atomic E-state index is 11.4. The molecule has 0 aromatic heterocycles. The van der Waals surface area contributed by atoms with E-state index in [4.69, 9.17) is 0 Å². The molecule has 0 heterocycles. The highest BCUT2D eigenvalue weighted by Gasteiger charge is 2.11. The third kappa shape index (κ3) is 5.48. The molecular formula is C14H21NO2. The predicted molar refractivity (Wildman–Crippen MR) is 68.6 cm³/mol. The maximum atomic E-state index is 11.4. The highest BCUT2D eigenvalue weighted by Crippen LogP contribution is 2.06. The van der Waals surface area contributed by atoms with Gasteiger partial charge >= 0.3 is 0 Å². The van der Waals surface area contributed by atoms with Gasteiger partial charge in [-0.15, -0.1) is 0 Å². The quantitative estimate of drug-likeness (QED) is 0.519. The molecule has 94 valence electrons. The van der Waals surface area contributed by atoms with Crippen molar-refractivity contribution in [1.29, 1.82) is 0 Å². The Bertz CT molecular complexity index is 329. The summed E-state index contributed by atoms with van der Waals surface area (Å²) in [6, 6.07) is 0. The van der Waals surface area contributed by atoms with E-state index in [2.05, 4.69) is 12.2 Å². The fourth-order valence-corrected chi connectivity index (χ4v) is 1.78. The highest BCUT2D eigenvalue weighted by molar-refractivity contribution is 6.16. The Morgan fingerprint density at radius 2 is 1.71 bits per heavy atom. The van der Waals surface area contributed by atoms with E-state index < -0.39 is 0 Å². The summed E-state index contributed by atoms with van der Waals surface area (Å²) in [6.07, 6.45) is 11.3. The van der Waals surface area contributed by atoms with Gasteiger partial charge in [-0.1, -0.05) is 39.0 Å². The zero-order chi connectivity index (χ0) is 12.5. The smallest absolute Gasteiger partial charge is 0.201 e. The highest BCUT2D eigenvalue weighted by atomic mass is 16.1. The predicted octanol–water partition coefficient (Wildman–Crippen LogP) is 2.53. The van der Waals surface area contributed by atoms with Crippen molar-refractivity contribution in [3.63, 3.8) is 0 Å². The SMILES string of the molecule is CCCCCCCCNC1=CC(=O)C=CC1=O. The topological polar surface area (TPSA) is 46.2 Å². The lowest BCUT2D eigenvalue weighted by atomic mass is 10.1. The molecule has 0 aromatic rings. The van der Waals surface area contributed by atoms with E-state index in [9.17, 15) is 9.59 Å². The average Bonchev–Trinajstić information content (AvgIpc) is 2.32. The van der Waals surface area contributed by atoms with Crippen molar-refractivity contribution in [2.24, 2.45) is 0 Å². The second-order valence-electron chi connectivity index (χ2n) is 4.35. The Morgan fingerprint density at radius 3 is 2.47 bits per heavy atom. The van der Waals surface area contributed by atoms with Gasteiger partial charge in [0.1, 0.15) is 0 Å². The summed E-state index contributed by atoms with van der Waals surface area (Å²) in [5.74, 6) is -0.217. The van der Waals surface area contributed by atoms with Crippen LogP contribution < -0.4 is 5.32 Å². The lowest BCUT2D eigenvalue weighted by Crippen LogP contribution is -2.23. The Labute approximate surface area is 103 Å². The van der Waals surface area contributed by atoms with Gasteiger partial charge in [-0.05, 0) is 18.6 Å². The molecule has 0 radical (unpaired) electrons. The van der Waals surface area contributed by atoms with Crippen LogP contribution in [-0.2, 0) is 9.59 Å². The molecule has 0 spiro atoms. The number of allylic oxidation sites excluding steroid dienone is 3. The molecule has 3 heteroatoms. The fourth-order valence-electron chi connectivity index (χ4n) is 1.78. The van der Waals surface area contributed by atoms with E-state index in [1.165, 1.54) is 50.3 Å². The minimum Gasteiger partial charge on any atom is -0.382 e. The van der Waals surface area contributed by atoms with Gasteiger partial charge in [0, 0.05) is 12.6 Å². The number of ketones is 2. The van der Waals surface area contributed by atoms with Crippen LogP contribution in [0.5, 0.6) is 0 Å². The molecule has 1 aliphatic carbocycles. The van der Waals surface area contributed by atoms with Crippen molar-refractivity contribution >= 4 is 11.6 Å². The number of hydrogen-bond acceptors (Lipinski definition) is 3. The molecule has 0 unspecified atom stereocenters. The molecule has 3 nitrogen and oxygen atoms in total. The molecule has 0 atom stereocenters. The Morgan fingerprint density at radius 1 is 1.00 bits per heavy atom. The van der Waals surface area contributed by atoms with Crippen LogP contribution in [0.2, 0.25) is 0 Å². The van der Waals surface area contributed by atoms with Gasteiger partial charge in [0.15, 0.2) is 5.78 Å². The summed E-state index contributed by atoms with van der Waals surface area (Å²) in [7, 11) is 0. The average molecular weight is 235 g/mol. The first-order valence-electron chi connectivity index (χ1n) is 6.46. The lowest BCUT2D eigenvalue weighted by molar-refractivity contribution is -0.114. The lowest BCUT2D eigenvalue weighted by Gasteiger charge is -2.09. The van der Waals surface area contributed by atoms with Gasteiger partial charge in [-0.2, -0.15) is 0 Å². The van der Waals surface area contributed by atoms with Gasteiger partial charge in [-0.25, -0.2) is 0 Å². The second kappa shape index (κ2) is 7.82. The van der Waals surface area contributed by atoms with Crippen LogP contribution in [0.3, 0.4) is 0 Å². The minimum atomic E-state index is -0.116. The van der Waals surface area contributed by atoms with Crippen molar-refractivity contribution in [1.82, 2.24) is 5.32 Å². The van der Waals surface area contributed by atoms with Crippen molar-refractivity contribution < 1.29 is 9.59 Å². The summed E-state index contributed by atoms with van der Waals surface area (Å²) in [6.45, 7) is 2.97. The number of rotatable bonds is 8. The number of carbonyl (C=O) groups is 2. The molecule has 0 saturated heterocycles. The first-order valence-corrected chi connectivity index (χ1v) is 6.46. The number of nitrogens with one attached hydrogen (secondary N) is 1. The number of hydrogen-bond donors (Lipinski definition) is 1. The molecule has 0 saturated carbocycles. The van der Waals surface area contributed by atoms with E-state index in [1.54, 1.807) is 0 Å². The van der Waals surface area contributed by atoms with Crippen LogP contribution in [0.1, 0.15) is 45.4 Å². The van der Waals surface area contributed by atoms with Gasteiger partial charge in [0.2, 0.25) is 5.78 Å². The summed E-state index contributed by atoms with van der Waals surface area (Å²) < 4.78 is 0. The van der Waals surface area contributed by atoms with Gasteiger partial charge in [0.05, 0.1) is 5.70 Å². The van der Waals surface area contributed by atoms with Crippen molar-refractivity contribution in [3.05, 3.63) is 23.9 Å². The summed E-state index contributed by atoms with van der Waals surface area (Å²) in [4.78, 5) is 22.4. The molecular weight excluding hydrogens is 214 g/mol. The largest absolute Gasteiger partial charge is 0.382 e. The third-order valence-electron chi connectivity index (χ3n) is 2.80. The van der Waals surface area contributed by atoms with Crippen LogP contribution in [0.15, 0.2) is 23.9 Å². The molecule has 0 fully saturated rings. The van der Waals surface area contributed by atoms with E-state index in [0.29, 0.717) is 5.70 Å². The van der Waals surface area contributed by atoms with Crippen molar-refractivity contribution in [3.8, 4) is 0 Å². The zero-order valence-electron chi connectivity index (χ0n) is 10.5. The van der Waals surface area contributed by atoms with Gasteiger partial charge in [-0.3, -0.25) is 9.59 Å². The Balaban J connectivity index is 2.10. The minimum absolute atomic E-state index is 0.101. The zero-order valence-corrected chi connectivity index (χ0v) is 10.5. The molecule has 1 N–H and O–H groups in total. The molecule has 17 heavy (non-hydrogen) atoms. The third-order valence-corrected chi connectivity index (χ3v) is 2.80. The van der Waals surface area contributed by atoms with E-state index >= 15 is 0 Å². The second-order valence-corrected chi connectivity index (χ2v) is 4.35. The van der Waals surface area contributed by atoms with Crippen LogP contribution in [-0.4, -0.2) is 18.1 Å². The molecule has 0 amide bonds. The van der Waals surface area contributed by atoms with Crippen LogP contribution in [0.25, 0.3) is 0 Å². The standard InChI is InChI=1S/C14H21NO2/c1-2-3-4-5-6-7-10-15-13-11-12(16)8-9-14(13)17/h8-9,11,15H,2-7,10H2,1H3. The van der Waals surface area contributed by atoms with E-state index in [0.717, 1.165) is 13.0 Å². The van der Waals surface area contributed by atoms with Crippen LogP contribution >= 0.6 is 0 Å². The number of carbonyl (C=O) groups excluding carboxylic acids is 2. The molecule has 1 rings (SSSR count). The first-order chi connectivity index (χ1) is 8.24. The van der Waals surface area contributed by atoms with Crippen molar-refractivity contribution in [2.45, 2.75) is 45.4 Å². The number of unbranched alkanes of at least 4 members (excludes halogenated alkanes) is 5. The van der Waals surface area contributed by atoms with Gasteiger partial charge in [0.25, 0.3) is 0 Å². The Kier molecular flexibility index (Phi) is 6.30. The molecule has 1 aliphatic rings. The molecule has 0 aliphatic heterocycles. The van der Waals surface area contributed by atoms with Crippen LogP contribution in [0.4, 0.5) is 0 Å².